The third kappa shape index (κ3) is 3.11. The summed E-state index contributed by atoms with van der Waals surface area (Å²) in [6.45, 7) is 3.18. The highest BCUT2D eigenvalue weighted by Gasteiger charge is 2.43. The molecule has 1 N–H and O–H groups in total. The van der Waals surface area contributed by atoms with Crippen LogP contribution in [0, 0.1) is 5.92 Å². The maximum atomic E-state index is 12.9. The smallest absolute Gasteiger partial charge is 0.289 e. The van der Waals surface area contributed by atoms with Crippen LogP contribution < -0.4 is 5.32 Å². The van der Waals surface area contributed by atoms with E-state index in [1.807, 2.05) is 18.2 Å². The van der Waals surface area contributed by atoms with Crippen molar-refractivity contribution in [3.8, 4) is 0 Å². The fourth-order valence-electron chi connectivity index (χ4n) is 2.99. The van der Waals surface area contributed by atoms with E-state index in [4.69, 9.17) is 9.15 Å². The number of rotatable bonds is 6. The predicted molar refractivity (Wildman–Crippen MR) is 96.4 cm³/mol. The first kappa shape index (κ1) is 17.8. The van der Waals surface area contributed by atoms with Crippen LogP contribution >= 0.6 is 0 Å². The van der Waals surface area contributed by atoms with Gasteiger partial charge in [0.15, 0.2) is 11.5 Å². The molecule has 1 amide bonds. The zero-order chi connectivity index (χ0) is 18.7. The lowest BCUT2D eigenvalue weighted by Crippen LogP contribution is -2.53. The highest BCUT2D eigenvalue weighted by molar-refractivity contribution is 5.96. The number of hydrogen-bond donors (Lipinski definition) is 1. The maximum Gasteiger partial charge on any atom is 0.289 e. The second-order valence-electron chi connectivity index (χ2n) is 6.11. The van der Waals surface area contributed by atoms with E-state index in [0.717, 1.165) is 5.39 Å². The summed E-state index contributed by atoms with van der Waals surface area (Å²) in [6, 6.07) is 12.4. The molecule has 2 aromatic heterocycles. The Kier molecular flexibility index (Phi) is 4.86. The van der Waals surface area contributed by atoms with Gasteiger partial charge in [-0.2, -0.15) is 0 Å². The minimum absolute atomic E-state index is 0.117. The number of para-hydroxylation sites is 1. The molecule has 6 heteroatoms. The zero-order valence-electron chi connectivity index (χ0n) is 14.9. The average Bonchev–Trinajstić information content (AvgIpc) is 3.10. The number of Topliss-reactive ketones (excluding diaryl/α,β-unsaturated/α-hetero) is 1. The molecule has 0 fully saturated rings. The summed E-state index contributed by atoms with van der Waals surface area (Å²) >= 11 is 0. The molecule has 3 aromatic rings. The van der Waals surface area contributed by atoms with Crippen molar-refractivity contribution in [2.75, 3.05) is 7.11 Å². The van der Waals surface area contributed by atoms with E-state index in [-0.39, 0.29) is 11.5 Å². The molecule has 0 radical (unpaired) electrons. The van der Waals surface area contributed by atoms with E-state index >= 15 is 0 Å². The summed E-state index contributed by atoms with van der Waals surface area (Å²) in [5.41, 5.74) is -0.0865. The van der Waals surface area contributed by atoms with Crippen LogP contribution in [0.5, 0.6) is 0 Å². The van der Waals surface area contributed by atoms with Crippen molar-refractivity contribution in [2.45, 2.75) is 19.6 Å². The van der Waals surface area contributed by atoms with Gasteiger partial charge in [-0.15, -0.1) is 0 Å². The Morgan fingerprint density at radius 3 is 2.50 bits per heavy atom. The molecule has 6 nitrogen and oxygen atoms in total. The molecule has 0 aliphatic heterocycles. The number of amides is 1. The normalized spacial score (nSPS) is 14.6. The van der Waals surface area contributed by atoms with Gasteiger partial charge in [0.25, 0.3) is 5.91 Å². The van der Waals surface area contributed by atoms with Crippen molar-refractivity contribution in [2.24, 2.45) is 5.92 Å². The van der Waals surface area contributed by atoms with E-state index in [2.05, 4.69) is 10.3 Å². The van der Waals surface area contributed by atoms with Crippen LogP contribution in [0.25, 0.3) is 11.0 Å². The molecule has 26 heavy (non-hydrogen) atoms. The Bertz CT molecular complexity index is 902. The number of carbonyl (C=O) groups excluding carboxylic acids is 2. The Labute approximate surface area is 151 Å². The number of methoxy groups -OCH3 is 1. The highest BCUT2D eigenvalue weighted by Crippen LogP contribution is 2.32. The third-order valence-corrected chi connectivity index (χ3v) is 4.60. The van der Waals surface area contributed by atoms with Gasteiger partial charge in [-0.3, -0.25) is 14.6 Å². The van der Waals surface area contributed by atoms with E-state index in [0.29, 0.717) is 11.1 Å². The van der Waals surface area contributed by atoms with Gasteiger partial charge < -0.3 is 14.5 Å². The van der Waals surface area contributed by atoms with Gasteiger partial charge in [-0.25, -0.2) is 0 Å². The summed E-state index contributed by atoms with van der Waals surface area (Å²) in [5, 5.41) is 3.67. The Balaban J connectivity index is 2.02. The van der Waals surface area contributed by atoms with Crippen LogP contribution in [0.15, 0.2) is 59.3 Å². The molecule has 1 aromatic carbocycles. The molecular formula is C20H20N2O4. The topological polar surface area (TPSA) is 81.4 Å². The van der Waals surface area contributed by atoms with Crippen LogP contribution in [-0.4, -0.2) is 23.8 Å². The molecule has 3 rings (SSSR count). The molecule has 2 unspecified atom stereocenters. The van der Waals surface area contributed by atoms with Crippen LogP contribution in [-0.2, 0) is 15.3 Å². The van der Waals surface area contributed by atoms with E-state index in [1.165, 1.54) is 14.0 Å². The number of ketones is 1. The van der Waals surface area contributed by atoms with Crippen LogP contribution in [0.3, 0.4) is 0 Å². The average molecular weight is 352 g/mol. The van der Waals surface area contributed by atoms with Gasteiger partial charge in [0.2, 0.25) is 0 Å². The van der Waals surface area contributed by atoms with Crippen molar-refractivity contribution in [3.05, 3.63) is 66.2 Å². The van der Waals surface area contributed by atoms with Gasteiger partial charge in [-0.05, 0) is 31.2 Å². The van der Waals surface area contributed by atoms with E-state index in [1.54, 1.807) is 43.6 Å². The van der Waals surface area contributed by atoms with Gasteiger partial charge in [-0.1, -0.05) is 25.1 Å². The maximum absolute atomic E-state index is 12.9. The number of pyridine rings is 1. The largest absolute Gasteiger partial charge is 0.451 e. The molecule has 134 valence electrons. The van der Waals surface area contributed by atoms with Crippen LogP contribution in [0.2, 0.25) is 0 Å². The van der Waals surface area contributed by atoms with Gasteiger partial charge in [0, 0.05) is 30.5 Å². The lowest BCUT2D eigenvalue weighted by molar-refractivity contribution is -0.137. The minimum Gasteiger partial charge on any atom is -0.451 e. The standard InChI is InChI=1S/C20H20N2O4/c1-13(14(2)23)20(25-3,16-8-10-21-11-9-16)22-19(24)18-12-15-6-4-5-7-17(15)26-18/h4-13H,1-3H3,(H,22,24). The Hall–Kier alpha value is -2.99. The van der Waals surface area contributed by atoms with Crippen molar-refractivity contribution >= 4 is 22.7 Å². The Morgan fingerprint density at radius 2 is 1.88 bits per heavy atom. The number of benzene rings is 1. The van der Waals surface area contributed by atoms with Crippen LogP contribution in [0.4, 0.5) is 0 Å². The quantitative estimate of drug-likeness (QED) is 0.689. The fraction of sp³-hybridized carbons (Fsp3) is 0.250. The first-order valence-corrected chi connectivity index (χ1v) is 8.25. The lowest BCUT2D eigenvalue weighted by atomic mass is 9.87. The van der Waals surface area contributed by atoms with Crippen molar-refractivity contribution in [1.82, 2.24) is 10.3 Å². The number of aromatic nitrogens is 1. The van der Waals surface area contributed by atoms with Crippen molar-refractivity contribution in [3.63, 3.8) is 0 Å². The highest BCUT2D eigenvalue weighted by atomic mass is 16.5. The molecule has 2 atom stereocenters. The number of nitrogens with zero attached hydrogens (tertiary/aromatic N) is 1. The monoisotopic (exact) mass is 352 g/mol. The predicted octanol–water partition coefficient (Wildman–Crippen LogP) is 3.28. The van der Waals surface area contributed by atoms with Crippen LogP contribution in [0.1, 0.15) is 30.0 Å². The van der Waals surface area contributed by atoms with Crippen molar-refractivity contribution < 1.29 is 18.7 Å². The summed E-state index contributed by atoms with van der Waals surface area (Å²) in [7, 11) is 1.46. The third-order valence-electron chi connectivity index (χ3n) is 4.60. The van der Waals surface area contributed by atoms with E-state index < -0.39 is 17.6 Å². The summed E-state index contributed by atoms with van der Waals surface area (Å²) in [4.78, 5) is 29.0. The molecular weight excluding hydrogens is 332 g/mol. The molecule has 0 aliphatic rings. The number of fused-ring (bicyclic) bond motifs is 1. The number of furan rings is 1. The van der Waals surface area contributed by atoms with E-state index in [9.17, 15) is 9.59 Å². The second-order valence-corrected chi connectivity index (χ2v) is 6.11. The SMILES string of the molecule is COC(NC(=O)c1cc2ccccc2o1)(c1ccncc1)C(C)C(C)=O. The van der Waals surface area contributed by atoms with Crippen molar-refractivity contribution in [1.29, 1.82) is 0 Å². The molecule has 2 heterocycles. The number of nitrogens with one attached hydrogen (secondary N) is 1. The summed E-state index contributed by atoms with van der Waals surface area (Å²) in [6.07, 6.45) is 3.17. The molecule has 0 spiro atoms. The molecule has 0 bridgehead atoms. The summed E-state index contributed by atoms with van der Waals surface area (Å²) in [5.74, 6) is -1.05. The van der Waals surface area contributed by atoms with Gasteiger partial charge >= 0.3 is 0 Å². The first-order valence-electron chi connectivity index (χ1n) is 8.25. The number of hydrogen-bond acceptors (Lipinski definition) is 5. The molecule has 0 saturated carbocycles. The van der Waals surface area contributed by atoms with Gasteiger partial charge in [0.05, 0.1) is 5.92 Å². The van der Waals surface area contributed by atoms with Gasteiger partial charge in [0.1, 0.15) is 11.4 Å². The number of carbonyl (C=O) groups is 2. The minimum atomic E-state index is -1.33. The molecule has 0 aliphatic carbocycles. The zero-order valence-corrected chi connectivity index (χ0v) is 14.9. The molecule has 0 saturated heterocycles. The summed E-state index contributed by atoms with van der Waals surface area (Å²) < 4.78 is 11.3. The lowest BCUT2D eigenvalue weighted by Gasteiger charge is -2.37. The first-order chi connectivity index (χ1) is 12.5. The number of ether oxygens (including phenoxy) is 1. The fourth-order valence-corrected chi connectivity index (χ4v) is 2.99. The second kappa shape index (κ2) is 7.09. The Morgan fingerprint density at radius 1 is 1.19 bits per heavy atom.